The van der Waals surface area contributed by atoms with Crippen molar-refractivity contribution in [1.29, 1.82) is 0 Å². The van der Waals surface area contributed by atoms with Crippen LogP contribution < -0.4 is 15.8 Å². The SMILES string of the molecule is NCC(=O)NCc1cn(-c2ccc(OC(F)F)cc2)nn1. The Balaban J connectivity index is 2.02. The molecule has 0 radical (unpaired) electrons. The number of nitrogens with two attached hydrogens (primary N) is 1. The predicted octanol–water partition coefficient (Wildman–Crippen LogP) is 0.444. The Labute approximate surface area is 118 Å². The molecule has 0 aliphatic rings. The minimum atomic E-state index is -2.86. The Kier molecular flexibility index (Phi) is 4.77. The number of carbonyl (C=O) groups is 1. The van der Waals surface area contributed by atoms with Crippen LogP contribution >= 0.6 is 0 Å². The van der Waals surface area contributed by atoms with Crippen LogP contribution in [0.15, 0.2) is 30.5 Å². The molecule has 2 aromatic rings. The van der Waals surface area contributed by atoms with E-state index in [0.717, 1.165) is 0 Å². The van der Waals surface area contributed by atoms with Crippen LogP contribution in [0.4, 0.5) is 8.78 Å². The van der Waals surface area contributed by atoms with E-state index in [9.17, 15) is 13.6 Å². The largest absolute Gasteiger partial charge is 0.435 e. The van der Waals surface area contributed by atoms with Crippen LogP contribution in [0.5, 0.6) is 5.75 Å². The predicted molar refractivity (Wildman–Crippen MR) is 68.9 cm³/mol. The van der Waals surface area contributed by atoms with Crippen molar-refractivity contribution >= 4 is 5.91 Å². The van der Waals surface area contributed by atoms with Gasteiger partial charge in [-0.3, -0.25) is 4.79 Å². The molecule has 0 fully saturated rings. The van der Waals surface area contributed by atoms with Crippen molar-refractivity contribution in [3.8, 4) is 11.4 Å². The fourth-order valence-corrected chi connectivity index (χ4v) is 1.55. The maximum Gasteiger partial charge on any atom is 0.387 e. The fourth-order valence-electron chi connectivity index (χ4n) is 1.55. The van der Waals surface area contributed by atoms with Crippen LogP contribution in [0, 0.1) is 0 Å². The lowest BCUT2D eigenvalue weighted by atomic mass is 10.3. The summed E-state index contributed by atoms with van der Waals surface area (Å²) in [4.78, 5) is 11.0. The number of carbonyl (C=O) groups excluding carboxylic acids is 1. The van der Waals surface area contributed by atoms with Crippen LogP contribution in [0.1, 0.15) is 5.69 Å². The van der Waals surface area contributed by atoms with Gasteiger partial charge in [0.1, 0.15) is 11.4 Å². The van der Waals surface area contributed by atoms with Gasteiger partial charge in [-0.1, -0.05) is 5.21 Å². The monoisotopic (exact) mass is 297 g/mol. The highest BCUT2D eigenvalue weighted by atomic mass is 19.3. The van der Waals surface area contributed by atoms with E-state index in [1.165, 1.54) is 16.8 Å². The molecular formula is C12H13F2N5O2. The lowest BCUT2D eigenvalue weighted by Gasteiger charge is -2.05. The first-order valence-electron chi connectivity index (χ1n) is 6.01. The van der Waals surface area contributed by atoms with Crippen LogP contribution in [0.25, 0.3) is 5.69 Å². The van der Waals surface area contributed by atoms with Gasteiger partial charge in [0.25, 0.3) is 0 Å². The molecule has 0 bridgehead atoms. The Bertz CT molecular complexity index is 600. The van der Waals surface area contributed by atoms with Crippen molar-refractivity contribution in [3.05, 3.63) is 36.2 Å². The summed E-state index contributed by atoms with van der Waals surface area (Å²) in [7, 11) is 0. The number of halogens is 2. The number of nitrogens with zero attached hydrogens (tertiary/aromatic N) is 3. The van der Waals surface area contributed by atoms with Gasteiger partial charge >= 0.3 is 6.61 Å². The number of hydrogen-bond acceptors (Lipinski definition) is 5. The molecule has 3 N–H and O–H groups in total. The molecule has 0 atom stereocenters. The first-order chi connectivity index (χ1) is 10.1. The molecule has 0 saturated carbocycles. The number of hydrogen-bond donors (Lipinski definition) is 2. The molecule has 2 rings (SSSR count). The number of alkyl halides is 2. The van der Waals surface area contributed by atoms with Gasteiger partial charge in [0.15, 0.2) is 0 Å². The highest BCUT2D eigenvalue weighted by Gasteiger charge is 2.06. The average molecular weight is 297 g/mol. The zero-order valence-corrected chi connectivity index (χ0v) is 10.9. The Morgan fingerprint density at radius 1 is 1.38 bits per heavy atom. The van der Waals surface area contributed by atoms with E-state index in [-0.39, 0.29) is 24.7 Å². The number of benzene rings is 1. The van der Waals surface area contributed by atoms with Crippen molar-refractivity contribution in [2.45, 2.75) is 13.2 Å². The first-order valence-corrected chi connectivity index (χ1v) is 6.01. The molecule has 0 unspecified atom stereocenters. The highest BCUT2D eigenvalue weighted by molar-refractivity contribution is 5.77. The summed E-state index contributed by atoms with van der Waals surface area (Å²) in [5.74, 6) is -0.234. The van der Waals surface area contributed by atoms with Gasteiger partial charge in [-0.15, -0.1) is 5.10 Å². The van der Waals surface area contributed by atoms with Gasteiger partial charge in [-0.2, -0.15) is 8.78 Å². The quantitative estimate of drug-likeness (QED) is 0.807. The van der Waals surface area contributed by atoms with Crippen molar-refractivity contribution in [1.82, 2.24) is 20.3 Å². The Morgan fingerprint density at radius 2 is 2.10 bits per heavy atom. The van der Waals surface area contributed by atoms with E-state index in [1.807, 2.05) is 0 Å². The number of amides is 1. The first kappa shape index (κ1) is 14.9. The van der Waals surface area contributed by atoms with E-state index in [2.05, 4.69) is 20.4 Å². The summed E-state index contributed by atoms with van der Waals surface area (Å²) >= 11 is 0. The van der Waals surface area contributed by atoms with E-state index < -0.39 is 6.61 Å². The lowest BCUT2D eigenvalue weighted by Crippen LogP contribution is -2.29. The average Bonchev–Trinajstić information content (AvgIpc) is 2.94. The number of rotatable bonds is 6. The van der Waals surface area contributed by atoms with E-state index >= 15 is 0 Å². The van der Waals surface area contributed by atoms with Gasteiger partial charge in [0.05, 0.1) is 25.0 Å². The third-order valence-electron chi connectivity index (χ3n) is 2.52. The van der Waals surface area contributed by atoms with Crippen molar-refractivity contribution in [2.24, 2.45) is 5.73 Å². The van der Waals surface area contributed by atoms with Gasteiger partial charge in [0, 0.05) is 0 Å². The zero-order chi connectivity index (χ0) is 15.2. The second-order valence-electron chi connectivity index (χ2n) is 4.01. The van der Waals surface area contributed by atoms with Gasteiger partial charge < -0.3 is 15.8 Å². The molecule has 1 aromatic carbocycles. The highest BCUT2D eigenvalue weighted by Crippen LogP contribution is 2.16. The summed E-state index contributed by atoms with van der Waals surface area (Å²) in [6, 6.07) is 5.93. The van der Waals surface area contributed by atoms with E-state index in [1.54, 1.807) is 18.3 Å². The smallest absolute Gasteiger partial charge is 0.387 e. The van der Waals surface area contributed by atoms with Gasteiger partial charge in [-0.05, 0) is 24.3 Å². The standard InChI is InChI=1S/C12H13F2N5O2/c13-12(14)21-10-3-1-9(2-4-10)19-7-8(17-18-19)6-16-11(20)5-15/h1-4,7,12H,5-6,15H2,(H,16,20). The molecule has 0 spiro atoms. The van der Waals surface area contributed by atoms with Gasteiger partial charge in [0.2, 0.25) is 5.91 Å². The maximum absolute atomic E-state index is 12.0. The number of nitrogens with one attached hydrogen (secondary N) is 1. The van der Waals surface area contributed by atoms with Gasteiger partial charge in [-0.25, -0.2) is 4.68 Å². The van der Waals surface area contributed by atoms with E-state index in [0.29, 0.717) is 11.4 Å². The minimum Gasteiger partial charge on any atom is -0.435 e. The lowest BCUT2D eigenvalue weighted by molar-refractivity contribution is -0.119. The molecule has 0 saturated heterocycles. The molecule has 0 aliphatic heterocycles. The minimum absolute atomic E-state index is 0.0595. The molecule has 1 amide bonds. The fraction of sp³-hybridized carbons (Fsp3) is 0.250. The number of aromatic nitrogens is 3. The third kappa shape index (κ3) is 4.21. The van der Waals surface area contributed by atoms with Crippen LogP contribution in [0.3, 0.4) is 0 Å². The normalized spacial score (nSPS) is 10.7. The Hall–Kier alpha value is -2.55. The maximum atomic E-state index is 12.0. The zero-order valence-electron chi connectivity index (χ0n) is 10.9. The second kappa shape index (κ2) is 6.75. The van der Waals surface area contributed by atoms with Crippen molar-refractivity contribution < 1.29 is 18.3 Å². The number of ether oxygens (including phenoxy) is 1. The van der Waals surface area contributed by atoms with Crippen molar-refractivity contribution in [3.63, 3.8) is 0 Å². The summed E-state index contributed by atoms with van der Waals surface area (Å²) in [6.07, 6.45) is 1.61. The summed E-state index contributed by atoms with van der Waals surface area (Å²) in [6.45, 7) is -2.75. The van der Waals surface area contributed by atoms with Crippen molar-refractivity contribution in [2.75, 3.05) is 6.54 Å². The summed E-state index contributed by atoms with van der Waals surface area (Å²) < 4.78 is 29.8. The molecule has 9 heteroatoms. The van der Waals surface area contributed by atoms with E-state index in [4.69, 9.17) is 5.73 Å². The molecule has 21 heavy (non-hydrogen) atoms. The molecule has 1 heterocycles. The summed E-state index contributed by atoms with van der Waals surface area (Å²) in [5, 5.41) is 10.3. The molecular weight excluding hydrogens is 284 g/mol. The molecule has 7 nitrogen and oxygen atoms in total. The summed E-state index contributed by atoms with van der Waals surface area (Å²) in [5.41, 5.74) is 6.33. The van der Waals surface area contributed by atoms with Crippen LogP contribution in [0.2, 0.25) is 0 Å². The topological polar surface area (TPSA) is 95.1 Å². The van der Waals surface area contributed by atoms with Crippen LogP contribution in [-0.2, 0) is 11.3 Å². The molecule has 0 aliphatic carbocycles. The second-order valence-corrected chi connectivity index (χ2v) is 4.01. The molecule has 1 aromatic heterocycles. The third-order valence-corrected chi connectivity index (χ3v) is 2.52. The molecule has 112 valence electrons. The van der Waals surface area contributed by atoms with Crippen LogP contribution in [-0.4, -0.2) is 34.1 Å². The Morgan fingerprint density at radius 3 is 2.71 bits per heavy atom.